The maximum Gasteiger partial charge on any atom is 0.202 e. The minimum absolute atomic E-state index is 0.118. The molecule has 2 aromatic carbocycles. The lowest BCUT2D eigenvalue weighted by Crippen LogP contribution is -1.99. The quantitative estimate of drug-likeness (QED) is 0.594. The first-order valence-corrected chi connectivity index (χ1v) is 8.07. The van der Waals surface area contributed by atoms with Gasteiger partial charge in [0, 0.05) is 10.3 Å². The Morgan fingerprint density at radius 3 is 2.43 bits per heavy atom. The smallest absolute Gasteiger partial charge is 0.202 e. The summed E-state index contributed by atoms with van der Waals surface area (Å²) in [5, 5.41) is 1.14. The Bertz CT molecular complexity index is 733. The van der Waals surface area contributed by atoms with Gasteiger partial charge in [0.2, 0.25) is 5.78 Å². The van der Waals surface area contributed by atoms with Crippen LogP contribution in [-0.4, -0.2) is 5.78 Å². The van der Waals surface area contributed by atoms with Gasteiger partial charge < -0.3 is 0 Å². The minimum Gasteiger partial charge on any atom is -0.288 e. The van der Waals surface area contributed by atoms with E-state index in [1.807, 2.05) is 36.4 Å². The Hall–Kier alpha value is -1.93. The van der Waals surface area contributed by atoms with E-state index >= 15 is 0 Å². The Kier molecular flexibility index (Phi) is 3.89. The lowest BCUT2D eigenvalue weighted by molar-refractivity contribution is 0.104. The van der Waals surface area contributed by atoms with Crippen LogP contribution in [0.4, 0.5) is 0 Å². The molecule has 0 atom stereocenters. The monoisotopic (exact) mass is 294 g/mol. The number of carbonyl (C=O) groups excluding carboxylic acids is 1. The highest BCUT2D eigenvalue weighted by molar-refractivity contribution is 7.21. The van der Waals surface area contributed by atoms with Gasteiger partial charge in [0.1, 0.15) is 0 Å². The third kappa shape index (κ3) is 3.06. The van der Waals surface area contributed by atoms with E-state index in [4.69, 9.17) is 0 Å². The van der Waals surface area contributed by atoms with Crippen LogP contribution in [0.1, 0.15) is 34.6 Å². The molecule has 106 valence electrons. The molecule has 0 spiro atoms. The fourth-order valence-electron chi connectivity index (χ4n) is 2.50. The normalized spacial score (nSPS) is 11.2. The topological polar surface area (TPSA) is 17.1 Å². The average Bonchev–Trinajstić information content (AvgIpc) is 2.90. The lowest BCUT2D eigenvalue weighted by Gasteiger charge is -2.05. The molecule has 1 nitrogen and oxygen atoms in total. The number of benzene rings is 2. The van der Waals surface area contributed by atoms with E-state index in [9.17, 15) is 4.79 Å². The van der Waals surface area contributed by atoms with E-state index in [0.717, 1.165) is 26.9 Å². The van der Waals surface area contributed by atoms with E-state index in [-0.39, 0.29) is 5.78 Å². The van der Waals surface area contributed by atoms with E-state index in [2.05, 4.69) is 32.0 Å². The number of hydrogen-bond donors (Lipinski definition) is 0. The van der Waals surface area contributed by atoms with Gasteiger partial charge in [0.15, 0.2) is 0 Å². The molecular formula is C19H18OS. The summed E-state index contributed by atoms with van der Waals surface area (Å²) < 4.78 is 1.16. The molecule has 1 heterocycles. The molecule has 0 unspecified atom stereocenters. The van der Waals surface area contributed by atoms with Crippen molar-refractivity contribution in [3.05, 3.63) is 70.6 Å². The third-order valence-corrected chi connectivity index (χ3v) is 4.62. The summed E-state index contributed by atoms with van der Waals surface area (Å²) >= 11 is 1.57. The van der Waals surface area contributed by atoms with Gasteiger partial charge in [-0.25, -0.2) is 0 Å². The molecule has 0 bridgehead atoms. The van der Waals surface area contributed by atoms with E-state index < -0.39 is 0 Å². The van der Waals surface area contributed by atoms with Gasteiger partial charge in [-0.3, -0.25) is 4.79 Å². The van der Waals surface area contributed by atoms with Crippen LogP contribution >= 0.6 is 11.3 Å². The molecule has 0 aliphatic carbocycles. The number of hydrogen-bond acceptors (Lipinski definition) is 2. The van der Waals surface area contributed by atoms with Crippen LogP contribution in [0.15, 0.2) is 54.6 Å². The molecule has 0 amide bonds. The second-order valence-corrected chi connectivity index (χ2v) is 6.86. The summed E-state index contributed by atoms with van der Waals surface area (Å²) in [7, 11) is 0. The Balaban J connectivity index is 1.87. The Morgan fingerprint density at radius 2 is 1.76 bits per heavy atom. The fraction of sp³-hybridized carbons (Fsp3) is 0.211. The van der Waals surface area contributed by atoms with Crippen LogP contribution in [0, 0.1) is 5.92 Å². The summed E-state index contributed by atoms with van der Waals surface area (Å²) in [6.45, 7) is 4.41. The van der Waals surface area contributed by atoms with Gasteiger partial charge in [-0.1, -0.05) is 56.3 Å². The second-order valence-electron chi connectivity index (χ2n) is 5.77. The molecule has 1 aromatic heterocycles. The van der Waals surface area contributed by atoms with Crippen LogP contribution in [0.3, 0.4) is 0 Å². The number of thiophene rings is 1. The van der Waals surface area contributed by atoms with Crippen LogP contribution in [-0.2, 0) is 6.42 Å². The maximum atomic E-state index is 12.6. The van der Waals surface area contributed by atoms with Crippen LogP contribution in [0.2, 0.25) is 0 Å². The maximum absolute atomic E-state index is 12.6. The van der Waals surface area contributed by atoms with Crippen molar-refractivity contribution >= 4 is 27.2 Å². The molecule has 0 N–H and O–H groups in total. The number of ketones is 1. The highest BCUT2D eigenvalue weighted by atomic mass is 32.1. The van der Waals surface area contributed by atoms with Crippen LogP contribution in [0.25, 0.3) is 10.1 Å². The first kappa shape index (κ1) is 14.0. The molecule has 21 heavy (non-hydrogen) atoms. The molecule has 3 rings (SSSR count). The van der Waals surface area contributed by atoms with Crippen molar-refractivity contribution in [3.63, 3.8) is 0 Å². The molecule has 0 radical (unpaired) electrons. The minimum atomic E-state index is 0.118. The second kappa shape index (κ2) is 5.82. The van der Waals surface area contributed by atoms with Crippen molar-refractivity contribution < 1.29 is 4.79 Å². The molecule has 0 fully saturated rings. The highest BCUT2D eigenvalue weighted by Crippen LogP contribution is 2.27. The molecule has 0 saturated heterocycles. The standard InChI is InChI=1S/C19H18OS/c1-13(2)11-14-7-9-15(10-8-14)19(20)18-12-16-5-3-4-6-17(16)21-18/h3-10,12-13H,11H2,1-2H3. The summed E-state index contributed by atoms with van der Waals surface area (Å²) in [5.74, 6) is 0.751. The van der Waals surface area contributed by atoms with E-state index in [0.29, 0.717) is 5.92 Å². The van der Waals surface area contributed by atoms with Gasteiger partial charge in [-0.15, -0.1) is 11.3 Å². The first-order valence-electron chi connectivity index (χ1n) is 7.25. The van der Waals surface area contributed by atoms with Crippen molar-refractivity contribution in [3.8, 4) is 0 Å². The van der Waals surface area contributed by atoms with Crippen LogP contribution in [0.5, 0.6) is 0 Å². The predicted molar refractivity (Wildman–Crippen MR) is 90.2 cm³/mol. The zero-order chi connectivity index (χ0) is 14.8. The molecule has 0 aliphatic heterocycles. The van der Waals surface area contributed by atoms with Gasteiger partial charge >= 0.3 is 0 Å². The number of carbonyl (C=O) groups is 1. The molecule has 3 aromatic rings. The zero-order valence-corrected chi connectivity index (χ0v) is 13.1. The van der Waals surface area contributed by atoms with E-state index in [1.165, 1.54) is 5.56 Å². The molecule has 0 saturated carbocycles. The van der Waals surface area contributed by atoms with Gasteiger partial charge in [-0.2, -0.15) is 0 Å². The largest absolute Gasteiger partial charge is 0.288 e. The summed E-state index contributed by atoms with van der Waals surface area (Å²) in [4.78, 5) is 13.4. The lowest BCUT2D eigenvalue weighted by atomic mass is 10.0. The Labute approximate surface area is 129 Å². The van der Waals surface area contributed by atoms with Crippen molar-refractivity contribution in [2.75, 3.05) is 0 Å². The fourth-order valence-corrected chi connectivity index (χ4v) is 3.52. The summed E-state index contributed by atoms with van der Waals surface area (Å²) in [6.07, 6.45) is 1.05. The predicted octanol–water partition coefficient (Wildman–Crippen LogP) is 5.33. The average molecular weight is 294 g/mol. The van der Waals surface area contributed by atoms with Gasteiger partial charge in [0.05, 0.1) is 4.88 Å². The summed E-state index contributed by atoms with van der Waals surface area (Å²) in [5.41, 5.74) is 2.06. The zero-order valence-electron chi connectivity index (χ0n) is 12.3. The molecule has 2 heteroatoms. The van der Waals surface area contributed by atoms with Crippen molar-refractivity contribution in [2.24, 2.45) is 5.92 Å². The van der Waals surface area contributed by atoms with Gasteiger partial charge in [0.25, 0.3) is 0 Å². The van der Waals surface area contributed by atoms with Crippen molar-refractivity contribution in [1.82, 2.24) is 0 Å². The van der Waals surface area contributed by atoms with E-state index in [1.54, 1.807) is 11.3 Å². The Morgan fingerprint density at radius 1 is 1.05 bits per heavy atom. The first-order chi connectivity index (χ1) is 10.1. The van der Waals surface area contributed by atoms with Crippen LogP contribution < -0.4 is 0 Å². The van der Waals surface area contributed by atoms with Crippen molar-refractivity contribution in [1.29, 1.82) is 0 Å². The number of fused-ring (bicyclic) bond motifs is 1. The molecular weight excluding hydrogens is 276 g/mol. The SMILES string of the molecule is CC(C)Cc1ccc(C(=O)c2cc3ccccc3s2)cc1. The third-order valence-electron chi connectivity index (χ3n) is 3.51. The molecule has 0 aliphatic rings. The van der Waals surface area contributed by atoms with Gasteiger partial charge in [-0.05, 0) is 35.4 Å². The van der Waals surface area contributed by atoms with Crippen molar-refractivity contribution in [2.45, 2.75) is 20.3 Å². The highest BCUT2D eigenvalue weighted by Gasteiger charge is 2.12. The number of rotatable bonds is 4. The summed E-state index contributed by atoms with van der Waals surface area (Å²) in [6, 6.07) is 18.1.